The number of aryl methyl sites for hydroxylation is 2. The van der Waals surface area contributed by atoms with E-state index in [0.29, 0.717) is 6.61 Å². The van der Waals surface area contributed by atoms with E-state index in [1.807, 2.05) is 31.2 Å². The van der Waals surface area contributed by atoms with E-state index in [4.69, 9.17) is 10.5 Å². The van der Waals surface area contributed by atoms with Crippen molar-refractivity contribution in [2.24, 2.45) is 5.73 Å². The number of nitrogens with two attached hydrogens (primary N) is 1. The summed E-state index contributed by atoms with van der Waals surface area (Å²) in [6.07, 6.45) is 0.947. The molecule has 4 heteroatoms. The first-order chi connectivity index (χ1) is 9.17. The summed E-state index contributed by atoms with van der Waals surface area (Å²) >= 11 is 1.68. The molecule has 0 amide bonds. The number of ether oxygens (including phenoxy) is 1. The zero-order valence-electron chi connectivity index (χ0n) is 11.6. The number of hydrogen-bond acceptors (Lipinski definition) is 4. The van der Waals surface area contributed by atoms with Gasteiger partial charge in [0.05, 0.1) is 18.3 Å². The molecule has 0 saturated carbocycles. The van der Waals surface area contributed by atoms with Gasteiger partial charge in [0.1, 0.15) is 10.8 Å². The third-order valence-corrected chi connectivity index (χ3v) is 4.16. The third kappa shape index (κ3) is 2.96. The lowest BCUT2D eigenvalue weighted by Gasteiger charge is -2.14. The van der Waals surface area contributed by atoms with E-state index in [2.05, 4.69) is 18.8 Å². The smallest absolute Gasteiger partial charge is 0.124 e. The molecule has 0 aliphatic rings. The number of rotatable bonds is 5. The first-order valence-corrected chi connectivity index (χ1v) is 7.42. The van der Waals surface area contributed by atoms with E-state index in [0.717, 1.165) is 28.4 Å². The van der Waals surface area contributed by atoms with E-state index >= 15 is 0 Å². The largest absolute Gasteiger partial charge is 0.494 e. The number of nitrogens with zero attached hydrogens (tertiary/aromatic N) is 1. The van der Waals surface area contributed by atoms with E-state index < -0.39 is 0 Å². The van der Waals surface area contributed by atoms with E-state index in [9.17, 15) is 0 Å². The molecule has 0 saturated heterocycles. The van der Waals surface area contributed by atoms with Crippen LogP contribution in [-0.4, -0.2) is 11.6 Å². The average Bonchev–Trinajstić information content (AvgIpc) is 2.80. The standard InChI is InChI=1S/C15H20N2OS/c1-4-12-10(3)19-15(17-12)14(16)11-8-6-7-9-13(11)18-5-2/h6-9,14H,4-5,16H2,1-3H3. The highest BCUT2D eigenvalue weighted by atomic mass is 32.1. The van der Waals surface area contributed by atoms with Crippen LogP contribution in [0.1, 0.15) is 41.0 Å². The maximum absolute atomic E-state index is 6.35. The summed E-state index contributed by atoms with van der Waals surface area (Å²) in [5.74, 6) is 0.850. The molecule has 1 heterocycles. The quantitative estimate of drug-likeness (QED) is 0.909. The van der Waals surface area contributed by atoms with Crippen molar-refractivity contribution in [3.63, 3.8) is 0 Å². The Kier molecular flexibility index (Phi) is 4.56. The highest BCUT2D eigenvalue weighted by Crippen LogP contribution is 2.31. The topological polar surface area (TPSA) is 48.1 Å². The fourth-order valence-electron chi connectivity index (χ4n) is 2.07. The number of aromatic nitrogens is 1. The molecule has 102 valence electrons. The summed E-state index contributed by atoms with van der Waals surface area (Å²) < 4.78 is 5.64. The molecule has 2 aromatic rings. The van der Waals surface area contributed by atoms with Crippen LogP contribution in [0.3, 0.4) is 0 Å². The molecule has 3 nitrogen and oxygen atoms in total. The SMILES string of the molecule is CCOc1ccccc1C(N)c1nc(CC)c(C)s1. The van der Waals surface area contributed by atoms with Gasteiger partial charge < -0.3 is 10.5 Å². The molecule has 0 aliphatic heterocycles. The van der Waals surface area contributed by atoms with Gasteiger partial charge in [0.15, 0.2) is 0 Å². The molecule has 2 N–H and O–H groups in total. The molecule has 0 bridgehead atoms. The summed E-state index contributed by atoms with van der Waals surface area (Å²) in [7, 11) is 0. The lowest BCUT2D eigenvalue weighted by molar-refractivity contribution is 0.335. The zero-order valence-corrected chi connectivity index (χ0v) is 12.5. The van der Waals surface area contributed by atoms with Crippen LogP contribution in [0, 0.1) is 6.92 Å². The predicted octanol–water partition coefficient (Wildman–Crippen LogP) is 3.46. The van der Waals surface area contributed by atoms with Gasteiger partial charge in [-0.3, -0.25) is 0 Å². The van der Waals surface area contributed by atoms with Gasteiger partial charge in [-0.1, -0.05) is 25.1 Å². The van der Waals surface area contributed by atoms with Crippen LogP contribution in [0.25, 0.3) is 0 Å². The minimum Gasteiger partial charge on any atom is -0.494 e. The third-order valence-electron chi connectivity index (χ3n) is 3.06. The second-order valence-corrected chi connectivity index (χ2v) is 5.59. The minimum atomic E-state index is -0.216. The Labute approximate surface area is 118 Å². The van der Waals surface area contributed by atoms with Crippen molar-refractivity contribution in [2.45, 2.75) is 33.2 Å². The monoisotopic (exact) mass is 276 g/mol. The molecule has 0 aliphatic carbocycles. The number of benzene rings is 1. The molecular formula is C15H20N2OS. The summed E-state index contributed by atoms with van der Waals surface area (Å²) in [6.45, 7) is 6.83. The normalized spacial score (nSPS) is 12.4. The molecule has 1 aromatic carbocycles. The van der Waals surface area contributed by atoms with Gasteiger partial charge in [-0.2, -0.15) is 0 Å². The maximum atomic E-state index is 6.35. The van der Waals surface area contributed by atoms with Gasteiger partial charge in [0.25, 0.3) is 0 Å². The van der Waals surface area contributed by atoms with Crippen molar-refractivity contribution in [2.75, 3.05) is 6.61 Å². The van der Waals surface area contributed by atoms with Gasteiger partial charge >= 0.3 is 0 Å². The molecule has 19 heavy (non-hydrogen) atoms. The number of para-hydroxylation sites is 1. The van der Waals surface area contributed by atoms with Crippen LogP contribution in [0.2, 0.25) is 0 Å². The molecule has 2 rings (SSSR count). The van der Waals surface area contributed by atoms with Crippen molar-refractivity contribution in [1.29, 1.82) is 0 Å². The Balaban J connectivity index is 2.35. The highest BCUT2D eigenvalue weighted by molar-refractivity contribution is 7.11. The summed E-state index contributed by atoms with van der Waals surface area (Å²) in [5.41, 5.74) is 8.50. The average molecular weight is 276 g/mol. The van der Waals surface area contributed by atoms with Crippen LogP contribution >= 0.6 is 11.3 Å². The first-order valence-electron chi connectivity index (χ1n) is 6.60. The molecule has 0 fully saturated rings. The van der Waals surface area contributed by atoms with Gasteiger partial charge in [0.2, 0.25) is 0 Å². The molecule has 1 aromatic heterocycles. The minimum absolute atomic E-state index is 0.216. The van der Waals surface area contributed by atoms with E-state index in [1.165, 1.54) is 4.88 Å². The van der Waals surface area contributed by atoms with Crippen LogP contribution in [0.15, 0.2) is 24.3 Å². The molecule has 1 unspecified atom stereocenters. The van der Waals surface area contributed by atoms with Crippen molar-refractivity contribution in [3.05, 3.63) is 45.4 Å². The highest BCUT2D eigenvalue weighted by Gasteiger charge is 2.18. The Bertz CT molecular complexity index is 551. The van der Waals surface area contributed by atoms with Crippen LogP contribution in [0.5, 0.6) is 5.75 Å². The number of hydrogen-bond donors (Lipinski definition) is 1. The van der Waals surface area contributed by atoms with E-state index in [-0.39, 0.29) is 6.04 Å². The predicted molar refractivity (Wildman–Crippen MR) is 79.9 cm³/mol. The fraction of sp³-hybridized carbons (Fsp3) is 0.400. The van der Waals surface area contributed by atoms with E-state index in [1.54, 1.807) is 11.3 Å². The lowest BCUT2D eigenvalue weighted by Crippen LogP contribution is -2.13. The lowest BCUT2D eigenvalue weighted by atomic mass is 10.1. The molecular weight excluding hydrogens is 256 g/mol. The Morgan fingerprint density at radius 3 is 2.68 bits per heavy atom. The maximum Gasteiger partial charge on any atom is 0.124 e. The zero-order chi connectivity index (χ0) is 13.8. The van der Waals surface area contributed by atoms with Gasteiger partial charge in [-0.05, 0) is 26.3 Å². The van der Waals surface area contributed by atoms with Gasteiger partial charge in [-0.15, -0.1) is 11.3 Å². The Morgan fingerprint density at radius 1 is 1.32 bits per heavy atom. The van der Waals surface area contributed by atoms with Crippen molar-refractivity contribution >= 4 is 11.3 Å². The van der Waals surface area contributed by atoms with Crippen LogP contribution in [0.4, 0.5) is 0 Å². The number of thiazole rings is 1. The second-order valence-electron chi connectivity index (χ2n) is 4.36. The Morgan fingerprint density at radius 2 is 2.05 bits per heavy atom. The molecule has 1 atom stereocenters. The molecule has 0 radical (unpaired) electrons. The van der Waals surface area contributed by atoms with Gasteiger partial charge in [0, 0.05) is 10.4 Å². The van der Waals surface area contributed by atoms with Crippen LogP contribution in [-0.2, 0) is 6.42 Å². The van der Waals surface area contributed by atoms with Gasteiger partial charge in [-0.25, -0.2) is 4.98 Å². The fourth-order valence-corrected chi connectivity index (χ4v) is 3.10. The van der Waals surface area contributed by atoms with Crippen molar-refractivity contribution in [3.8, 4) is 5.75 Å². The van der Waals surface area contributed by atoms with Crippen molar-refractivity contribution < 1.29 is 4.74 Å². The summed E-state index contributed by atoms with van der Waals surface area (Å²) in [4.78, 5) is 5.90. The Hall–Kier alpha value is -1.39. The molecule has 0 spiro atoms. The summed E-state index contributed by atoms with van der Waals surface area (Å²) in [6, 6.07) is 7.70. The van der Waals surface area contributed by atoms with Crippen molar-refractivity contribution in [1.82, 2.24) is 4.98 Å². The summed E-state index contributed by atoms with van der Waals surface area (Å²) in [5, 5.41) is 0.960. The first kappa shape index (κ1) is 14.0. The second kappa shape index (κ2) is 6.17. The van der Waals surface area contributed by atoms with Crippen LogP contribution < -0.4 is 10.5 Å².